The lowest BCUT2D eigenvalue weighted by Crippen LogP contribution is -2.26. The zero-order chi connectivity index (χ0) is 18.5. The van der Waals surface area contributed by atoms with Crippen molar-refractivity contribution < 1.29 is 18.9 Å². The summed E-state index contributed by atoms with van der Waals surface area (Å²) in [6, 6.07) is 12.2. The van der Waals surface area contributed by atoms with Crippen molar-refractivity contribution in [3.8, 4) is 23.0 Å². The van der Waals surface area contributed by atoms with E-state index in [2.05, 4.69) is 31.3 Å². The second kappa shape index (κ2) is 8.32. The Balaban J connectivity index is 1.79. The van der Waals surface area contributed by atoms with Crippen LogP contribution in [0.25, 0.3) is 0 Å². The van der Waals surface area contributed by atoms with E-state index in [1.54, 1.807) is 14.2 Å². The molecule has 1 heterocycles. The fourth-order valence-corrected chi connectivity index (χ4v) is 3.23. The summed E-state index contributed by atoms with van der Waals surface area (Å²) >= 11 is 0. The van der Waals surface area contributed by atoms with Crippen molar-refractivity contribution in [2.24, 2.45) is 5.92 Å². The molecule has 0 bridgehead atoms. The molecule has 0 aliphatic carbocycles. The van der Waals surface area contributed by atoms with E-state index in [0.717, 1.165) is 28.6 Å². The second-order valence-corrected chi connectivity index (χ2v) is 6.68. The van der Waals surface area contributed by atoms with E-state index in [1.165, 1.54) is 5.56 Å². The summed E-state index contributed by atoms with van der Waals surface area (Å²) in [5, 5.41) is 3.65. The second-order valence-electron chi connectivity index (χ2n) is 6.68. The lowest BCUT2D eigenvalue weighted by atomic mass is 9.95. The standard InChI is InChI=1S/C21H27NO4/c1-14(2)21(15-5-7-19-20(12-15)26-10-9-25-19)22-13-16-11-17(23-3)6-8-18(16)24-4/h5-8,11-12,14,21-22H,9-10,13H2,1-4H3/t21-/m0/s1. The van der Waals surface area contributed by atoms with E-state index in [1.807, 2.05) is 24.3 Å². The maximum atomic E-state index is 5.73. The summed E-state index contributed by atoms with van der Waals surface area (Å²) in [5.41, 5.74) is 2.25. The molecule has 0 saturated heterocycles. The van der Waals surface area contributed by atoms with Gasteiger partial charge in [-0.25, -0.2) is 0 Å². The van der Waals surface area contributed by atoms with Gasteiger partial charge in [-0.2, -0.15) is 0 Å². The summed E-state index contributed by atoms with van der Waals surface area (Å²) in [6.07, 6.45) is 0. The lowest BCUT2D eigenvalue weighted by Gasteiger charge is -2.26. The van der Waals surface area contributed by atoms with Crippen LogP contribution >= 0.6 is 0 Å². The van der Waals surface area contributed by atoms with Crippen LogP contribution in [0.2, 0.25) is 0 Å². The zero-order valence-electron chi connectivity index (χ0n) is 15.9. The van der Waals surface area contributed by atoms with Gasteiger partial charge in [0.05, 0.1) is 14.2 Å². The van der Waals surface area contributed by atoms with E-state index in [0.29, 0.717) is 25.7 Å². The quantitative estimate of drug-likeness (QED) is 0.813. The number of ether oxygens (including phenoxy) is 4. The topological polar surface area (TPSA) is 49.0 Å². The maximum Gasteiger partial charge on any atom is 0.161 e. The van der Waals surface area contributed by atoms with Crippen LogP contribution in [-0.4, -0.2) is 27.4 Å². The van der Waals surface area contributed by atoms with Gasteiger partial charge in [-0.1, -0.05) is 19.9 Å². The number of hydrogen-bond acceptors (Lipinski definition) is 5. The van der Waals surface area contributed by atoms with Gasteiger partial charge in [0.15, 0.2) is 11.5 Å². The molecule has 0 amide bonds. The predicted octanol–water partition coefficient (Wildman–Crippen LogP) is 3.96. The van der Waals surface area contributed by atoms with Gasteiger partial charge in [-0.05, 0) is 41.8 Å². The van der Waals surface area contributed by atoms with Crippen molar-refractivity contribution in [3.05, 3.63) is 47.5 Å². The van der Waals surface area contributed by atoms with Crippen LogP contribution in [0.3, 0.4) is 0 Å². The van der Waals surface area contributed by atoms with Crippen molar-refractivity contribution >= 4 is 0 Å². The summed E-state index contributed by atoms with van der Waals surface area (Å²) in [7, 11) is 3.36. The Labute approximate surface area is 155 Å². The van der Waals surface area contributed by atoms with E-state index in [4.69, 9.17) is 18.9 Å². The Kier molecular flexibility index (Phi) is 5.89. The number of nitrogens with one attached hydrogen (secondary N) is 1. The molecule has 5 heteroatoms. The molecule has 0 radical (unpaired) electrons. The average Bonchev–Trinajstić information content (AvgIpc) is 2.67. The van der Waals surface area contributed by atoms with Gasteiger partial charge in [-0.3, -0.25) is 0 Å². The smallest absolute Gasteiger partial charge is 0.161 e. The molecule has 0 unspecified atom stereocenters. The average molecular weight is 357 g/mol. The van der Waals surface area contributed by atoms with Gasteiger partial charge in [0, 0.05) is 18.2 Å². The highest BCUT2D eigenvalue weighted by Crippen LogP contribution is 2.35. The van der Waals surface area contributed by atoms with Gasteiger partial charge in [0.25, 0.3) is 0 Å². The van der Waals surface area contributed by atoms with Crippen molar-refractivity contribution in [1.82, 2.24) is 5.32 Å². The Morgan fingerprint density at radius 1 is 0.962 bits per heavy atom. The zero-order valence-corrected chi connectivity index (χ0v) is 15.9. The lowest BCUT2D eigenvalue weighted by molar-refractivity contribution is 0.171. The summed E-state index contributed by atoms with van der Waals surface area (Å²) < 4.78 is 22.2. The Morgan fingerprint density at radius 2 is 1.73 bits per heavy atom. The van der Waals surface area contributed by atoms with Crippen LogP contribution < -0.4 is 24.3 Å². The fraction of sp³-hybridized carbons (Fsp3) is 0.429. The van der Waals surface area contributed by atoms with Crippen molar-refractivity contribution in [1.29, 1.82) is 0 Å². The third-order valence-corrected chi connectivity index (χ3v) is 4.59. The molecule has 0 fully saturated rings. The number of hydrogen-bond donors (Lipinski definition) is 1. The van der Waals surface area contributed by atoms with Crippen LogP contribution in [0.15, 0.2) is 36.4 Å². The van der Waals surface area contributed by atoms with Crippen LogP contribution in [-0.2, 0) is 6.54 Å². The first kappa shape index (κ1) is 18.4. The van der Waals surface area contributed by atoms with Gasteiger partial charge < -0.3 is 24.3 Å². The molecule has 1 N–H and O–H groups in total. The first-order valence-corrected chi connectivity index (χ1v) is 8.96. The molecule has 140 valence electrons. The SMILES string of the molecule is COc1ccc(OC)c(CN[C@H](c2ccc3c(c2)OCCO3)C(C)C)c1. The van der Waals surface area contributed by atoms with Crippen molar-refractivity contribution in [2.45, 2.75) is 26.4 Å². The minimum absolute atomic E-state index is 0.182. The fourth-order valence-electron chi connectivity index (χ4n) is 3.23. The third-order valence-electron chi connectivity index (χ3n) is 4.59. The number of rotatable bonds is 7. The molecule has 1 aliphatic rings. The first-order chi connectivity index (χ1) is 12.6. The number of methoxy groups -OCH3 is 2. The number of benzene rings is 2. The molecule has 3 rings (SSSR count). The van der Waals surface area contributed by atoms with E-state index < -0.39 is 0 Å². The first-order valence-electron chi connectivity index (χ1n) is 8.96. The summed E-state index contributed by atoms with van der Waals surface area (Å²) in [5.74, 6) is 3.72. The van der Waals surface area contributed by atoms with E-state index >= 15 is 0 Å². The molecule has 0 saturated carbocycles. The van der Waals surface area contributed by atoms with Crippen LogP contribution in [0, 0.1) is 5.92 Å². The molecule has 0 aromatic heterocycles. The molecule has 26 heavy (non-hydrogen) atoms. The summed E-state index contributed by atoms with van der Waals surface area (Å²) in [4.78, 5) is 0. The van der Waals surface area contributed by atoms with Gasteiger partial charge in [0.2, 0.25) is 0 Å². The predicted molar refractivity (Wildman–Crippen MR) is 101 cm³/mol. The monoisotopic (exact) mass is 357 g/mol. The molecule has 2 aromatic carbocycles. The van der Waals surface area contributed by atoms with Gasteiger partial charge >= 0.3 is 0 Å². The highest BCUT2D eigenvalue weighted by Gasteiger charge is 2.20. The van der Waals surface area contributed by atoms with Crippen LogP contribution in [0.1, 0.15) is 31.0 Å². The van der Waals surface area contributed by atoms with Crippen molar-refractivity contribution in [2.75, 3.05) is 27.4 Å². The highest BCUT2D eigenvalue weighted by molar-refractivity contribution is 5.45. The molecular formula is C21H27NO4. The highest BCUT2D eigenvalue weighted by atomic mass is 16.6. The van der Waals surface area contributed by atoms with E-state index in [-0.39, 0.29) is 6.04 Å². The molecule has 2 aromatic rings. The molecule has 1 atom stereocenters. The molecule has 0 spiro atoms. The molecule has 5 nitrogen and oxygen atoms in total. The van der Waals surface area contributed by atoms with E-state index in [9.17, 15) is 0 Å². The van der Waals surface area contributed by atoms with Gasteiger partial charge in [0.1, 0.15) is 24.7 Å². The van der Waals surface area contributed by atoms with Crippen molar-refractivity contribution in [3.63, 3.8) is 0 Å². The normalized spacial score (nSPS) is 14.2. The largest absolute Gasteiger partial charge is 0.497 e. The Morgan fingerprint density at radius 3 is 2.42 bits per heavy atom. The number of fused-ring (bicyclic) bond motifs is 1. The van der Waals surface area contributed by atoms with Crippen LogP contribution in [0.5, 0.6) is 23.0 Å². The maximum absolute atomic E-state index is 5.73. The Hall–Kier alpha value is -2.40. The van der Waals surface area contributed by atoms with Crippen LogP contribution in [0.4, 0.5) is 0 Å². The Bertz CT molecular complexity index is 745. The molecular weight excluding hydrogens is 330 g/mol. The minimum atomic E-state index is 0.182. The minimum Gasteiger partial charge on any atom is -0.497 e. The molecule has 1 aliphatic heterocycles. The third kappa shape index (κ3) is 4.05. The van der Waals surface area contributed by atoms with Gasteiger partial charge in [-0.15, -0.1) is 0 Å². The summed E-state index contributed by atoms with van der Waals surface area (Å²) in [6.45, 7) is 6.29.